The van der Waals surface area contributed by atoms with Crippen LogP contribution in [0.1, 0.15) is 0 Å². The molecule has 2 nitrogen and oxygen atoms in total. The first-order valence-corrected chi connectivity index (χ1v) is 12.6. The zero-order valence-corrected chi connectivity index (χ0v) is 20.2. The minimum Gasteiger partial charge on any atom is -0.339 e. The van der Waals surface area contributed by atoms with Gasteiger partial charge in [-0.1, -0.05) is 115 Å². The van der Waals surface area contributed by atoms with Crippen LogP contribution in [0.5, 0.6) is 0 Å². The van der Waals surface area contributed by atoms with Crippen LogP contribution in [0.15, 0.2) is 140 Å². The van der Waals surface area contributed by atoms with Crippen LogP contribution in [0.3, 0.4) is 0 Å². The standard InChI is InChI=1S/C35H24N2/c1-3-7-24(8-4-1)26-11-13-28(14-12-26)30-19-21-34-32(23-30)31-20-22-33(36-35(31)37-34)29-17-15-27(16-18-29)25-9-5-2-6-10-25/h1-23H,(H,36,37). The summed E-state index contributed by atoms with van der Waals surface area (Å²) in [5, 5.41) is 2.33. The fourth-order valence-corrected chi connectivity index (χ4v) is 5.07. The highest BCUT2D eigenvalue weighted by Gasteiger charge is 2.10. The Balaban J connectivity index is 1.21. The molecule has 0 saturated carbocycles. The molecule has 37 heavy (non-hydrogen) atoms. The second-order valence-corrected chi connectivity index (χ2v) is 9.36. The average Bonchev–Trinajstić information content (AvgIpc) is 3.35. The minimum absolute atomic E-state index is 0.913. The lowest BCUT2D eigenvalue weighted by molar-refractivity contribution is 1.34. The third-order valence-corrected chi connectivity index (χ3v) is 7.07. The molecule has 7 aromatic rings. The highest BCUT2D eigenvalue weighted by atomic mass is 14.9. The topological polar surface area (TPSA) is 28.7 Å². The van der Waals surface area contributed by atoms with Crippen molar-refractivity contribution in [2.45, 2.75) is 0 Å². The van der Waals surface area contributed by atoms with E-state index in [2.05, 4.69) is 132 Å². The Morgan fingerprint density at radius 2 is 0.865 bits per heavy atom. The first-order valence-electron chi connectivity index (χ1n) is 12.6. The van der Waals surface area contributed by atoms with Crippen LogP contribution < -0.4 is 0 Å². The molecule has 0 bridgehead atoms. The molecule has 0 aliphatic rings. The van der Waals surface area contributed by atoms with Crippen molar-refractivity contribution in [1.82, 2.24) is 9.97 Å². The molecular weight excluding hydrogens is 448 g/mol. The molecule has 0 unspecified atom stereocenters. The van der Waals surface area contributed by atoms with Gasteiger partial charge in [0.05, 0.1) is 5.69 Å². The van der Waals surface area contributed by atoms with E-state index in [4.69, 9.17) is 4.98 Å². The predicted octanol–water partition coefficient (Wildman–Crippen LogP) is 9.38. The molecule has 174 valence electrons. The molecule has 0 fully saturated rings. The van der Waals surface area contributed by atoms with Gasteiger partial charge in [-0.05, 0) is 57.6 Å². The molecule has 0 aliphatic heterocycles. The molecule has 0 amide bonds. The smallest absolute Gasteiger partial charge is 0.139 e. The summed E-state index contributed by atoms with van der Waals surface area (Å²) >= 11 is 0. The number of fused-ring (bicyclic) bond motifs is 3. The van der Waals surface area contributed by atoms with E-state index in [1.165, 1.54) is 38.8 Å². The van der Waals surface area contributed by atoms with Crippen molar-refractivity contribution < 1.29 is 0 Å². The maximum atomic E-state index is 4.98. The minimum atomic E-state index is 0.913. The maximum absolute atomic E-state index is 4.98. The first-order chi connectivity index (χ1) is 18.3. The number of nitrogens with zero attached hydrogens (tertiary/aromatic N) is 1. The SMILES string of the molecule is c1ccc(-c2ccc(-c3ccc4[nH]c5nc(-c6ccc(-c7ccccc7)cc6)ccc5c4c3)cc2)cc1. The number of benzene rings is 5. The Bertz CT molecular complexity index is 1830. The highest BCUT2D eigenvalue weighted by Crippen LogP contribution is 2.32. The number of rotatable bonds is 4. The van der Waals surface area contributed by atoms with Crippen LogP contribution in [0.4, 0.5) is 0 Å². The maximum Gasteiger partial charge on any atom is 0.139 e. The van der Waals surface area contributed by atoms with Crippen LogP contribution in [0.25, 0.3) is 66.6 Å². The molecule has 2 heterocycles. The molecule has 0 aliphatic carbocycles. The van der Waals surface area contributed by atoms with Crippen molar-refractivity contribution in [2.24, 2.45) is 0 Å². The zero-order chi connectivity index (χ0) is 24.6. The van der Waals surface area contributed by atoms with E-state index in [0.29, 0.717) is 0 Å². The Kier molecular flexibility index (Phi) is 5.15. The lowest BCUT2D eigenvalue weighted by Gasteiger charge is -2.06. The van der Waals surface area contributed by atoms with E-state index in [0.717, 1.165) is 27.8 Å². The third kappa shape index (κ3) is 3.99. The van der Waals surface area contributed by atoms with Gasteiger partial charge in [-0.3, -0.25) is 0 Å². The molecule has 5 aromatic carbocycles. The van der Waals surface area contributed by atoms with Crippen molar-refractivity contribution in [3.63, 3.8) is 0 Å². The van der Waals surface area contributed by atoms with E-state index in [-0.39, 0.29) is 0 Å². The number of aromatic amines is 1. The van der Waals surface area contributed by atoms with Crippen LogP contribution in [-0.2, 0) is 0 Å². The molecule has 0 radical (unpaired) electrons. The lowest BCUT2D eigenvalue weighted by atomic mass is 9.99. The van der Waals surface area contributed by atoms with Gasteiger partial charge in [-0.25, -0.2) is 4.98 Å². The zero-order valence-electron chi connectivity index (χ0n) is 20.2. The van der Waals surface area contributed by atoms with Crippen LogP contribution in [-0.4, -0.2) is 9.97 Å². The Hall–Kier alpha value is -4.95. The number of nitrogens with one attached hydrogen (secondary N) is 1. The lowest BCUT2D eigenvalue weighted by Crippen LogP contribution is -1.85. The summed E-state index contributed by atoms with van der Waals surface area (Å²) in [4.78, 5) is 8.50. The largest absolute Gasteiger partial charge is 0.339 e. The molecule has 7 rings (SSSR count). The molecule has 2 heteroatoms. The van der Waals surface area contributed by atoms with Crippen molar-refractivity contribution >= 4 is 21.9 Å². The van der Waals surface area contributed by atoms with Gasteiger partial charge in [0, 0.05) is 21.9 Å². The Labute approximate surface area is 215 Å². The van der Waals surface area contributed by atoms with Crippen molar-refractivity contribution in [3.05, 3.63) is 140 Å². The summed E-state index contributed by atoms with van der Waals surface area (Å²) < 4.78 is 0. The highest BCUT2D eigenvalue weighted by molar-refractivity contribution is 6.07. The number of aromatic nitrogens is 2. The van der Waals surface area contributed by atoms with Crippen LogP contribution in [0, 0.1) is 0 Å². The molecule has 0 saturated heterocycles. The van der Waals surface area contributed by atoms with E-state index in [1.54, 1.807) is 0 Å². The monoisotopic (exact) mass is 472 g/mol. The molecule has 2 aromatic heterocycles. The van der Waals surface area contributed by atoms with Crippen LogP contribution in [0.2, 0.25) is 0 Å². The molecule has 0 atom stereocenters. The number of pyridine rings is 1. The summed E-state index contributed by atoms with van der Waals surface area (Å²) in [6, 6.07) is 49.3. The Morgan fingerprint density at radius 1 is 0.378 bits per heavy atom. The average molecular weight is 473 g/mol. The van der Waals surface area contributed by atoms with Gasteiger partial charge in [0.15, 0.2) is 0 Å². The molecule has 0 spiro atoms. The number of hydrogen-bond donors (Lipinski definition) is 1. The predicted molar refractivity (Wildman–Crippen MR) is 155 cm³/mol. The van der Waals surface area contributed by atoms with Gasteiger partial charge in [0.2, 0.25) is 0 Å². The van der Waals surface area contributed by atoms with Gasteiger partial charge in [-0.15, -0.1) is 0 Å². The van der Waals surface area contributed by atoms with Crippen molar-refractivity contribution in [3.8, 4) is 44.6 Å². The fourth-order valence-electron chi connectivity index (χ4n) is 5.07. The van der Waals surface area contributed by atoms with Gasteiger partial charge < -0.3 is 4.98 Å². The van der Waals surface area contributed by atoms with Crippen molar-refractivity contribution in [2.75, 3.05) is 0 Å². The summed E-state index contributed by atoms with van der Waals surface area (Å²) in [5.41, 5.74) is 11.4. The first kappa shape index (κ1) is 21.3. The van der Waals surface area contributed by atoms with Gasteiger partial charge in [0.1, 0.15) is 5.65 Å². The molecule has 1 N–H and O–H groups in total. The summed E-state index contributed by atoms with van der Waals surface area (Å²) in [7, 11) is 0. The van der Waals surface area contributed by atoms with Crippen LogP contribution >= 0.6 is 0 Å². The van der Waals surface area contributed by atoms with Gasteiger partial charge >= 0.3 is 0 Å². The quantitative estimate of drug-likeness (QED) is 0.271. The normalized spacial score (nSPS) is 11.2. The van der Waals surface area contributed by atoms with E-state index in [9.17, 15) is 0 Å². The summed E-state index contributed by atoms with van der Waals surface area (Å²) in [6.45, 7) is 0. The number of hydrogen-bond acceptors (Lipinski definition) is 1. The fraction of sp³-hybridized carbons (Fsp3) is 0. The van der Waals surface area contributed by atoms with E-state index >= 15 is 0 Å². The summed E-state index contributed by atoms with van der Waals surface area (Å²) in [6.07, 6.45) is 0. The number of H-pyrrole nitrogens is 1. The Morgan fingerprint density at radius 3 is 1.46 bits per heavy atom. The van der Waals surface area contributed by atoms with Gasteiger partial charge in [0.25, 0.3) is 0 Å². The van der Waals surface area contributed by atoms with E-state index < -0.39 is 0 Å². The second kappa shape index (κ2) is 8.92. The van der Waals surface area contributed by atoms with Crippen molar-refractivity contribution in [1.29, 1.82) is 0 Å². The molecular formula is C35H24N2. The van der Waals surface area contributed by atoms with E-state index in [1.807, 2.05) is 12.1 Å². The third-order valence-electron chi connectivity index (χ3n) is 7.07. The summed E-state index contributed by atoms with van der Waals surface area (Å²) in [5.74, 6) is 0. The second-order valence-electron chi connectivity index (χ2n) is 9.36. The van der Waals surface area contributed by atoms with Gasteiger partial charge in [-0.2, -0.15) is 0 Å².